The third-order valence-electron chi connectivity index (χ3n) is 9.07. The zero-order valence-corrected chi connectivity index (χ0v) is 22.9. The number of carbonyl (C=O) groups is 3. The summed E-state index contributed by atoms with van der Waals surface area (Å²) in [7, 11) is 0. The van der Waals surface area contributed by atoms with Crippen molar-refractivity contribution in [2.45, 2.75) is 57.3 Å². The quantitative estimate of drug-likeness (QED) is 0.232. The number of rotatable bonds is 7. The Morgan fingerprint density at radius 3 is 2.62 bits per heavy atom. The minimum Gasteiger partial charge on any atom is -0.506 e. The van der Waals surface area contributed by atoms with E-state index in [9.17, 15) is 29.7 Å². The van der Waals surface area contributed by atoms with Crippen LogP contribution in [0.2, 0.25) is 0 Å². The molecule has 0 saturated heterocycles. The normalized spacial score (nSPS) is 27.6. The van der Waals surface area contributed by atoms with E-state index in [1.807, 2.05) is 38.1 Å². The van der Waals surface area contributed by atoms with E-state index in [4.69, 9.17) is 0 Å². The number of benzene rings is 2. The molecule has 4 N–H and O–H groups in total. The molecular weight excluding hydrogens is 514 g/mol. The number of aromatic carboxylic acids is 1. The van der Waals surface area contributed by atoms with Gasteiger partial charge in [-0.2, -0.15) is 0 Å². The van der Waals surface area contributed by atoms with Crippen molar-refractivity contribution < 1.29 is 29.7 Å². The summed E-state index contributed by atoms with van der Waals surface area (Å²) in [5, 5.41) is 32.2. The highest BCUT2D eigenvalue weighted by atomic mass is 32.2. The molecule has 2 bridgehead atoms. The molecule has 0 heterocycles. The Hall–Kier alpha value is -3.52. The van der Waals surface area contributed by atoms with Crippen LogP contribution in [-0.2, 0) is 9.59 Å². The van der Waals surface area contributed by atoms with Gasteiger partial charge in [-0.3, -0.25) is 9.59 Å². The summed E-state index contributed by atoms with van der Waals surface area (Å²) in [5.41, 5.74) is 0.594. The average Bonchev–Trinajstić information content (AvgIpc) is 2.89. The van der Waals surface area contributed by atoms with Gasteiger partial charge in [-0.1, -0.05) is 55.1 Å². The molecule has 0 radical (unpaired) electrons. The van der Waals surface area contributed by atoms with Gasteiger partial charge in [-0.15, -0.1) is 0 Å². The van der Waals surface area contributed by atoms with E-state index in [1.165, 1.54) is 17.3 Å². The van der Waals surface area contributed by atoms with Gasteiger partial charge in [0.15, 0.2) is 11.5 Å². The Bertz CT molecular complexity index is 1430. The van der Waals surface area contributed by atoms with Gasteiger partial charge in [0.05, 0.1) is 4.91 Å². The SMILES string of the molecule is C=C1C[C@]23C=C(Sc4ccccc4C)C(=O)[C@@](C)(CCC(=O)Nc4c(O)ccc(C(=O)O)c4O)[C@@H]2C[C@@H]1CC3. The van der Waals surface area contributed by atoms with Gasteiger partial charge < -0.3 is 20.6 Å². The predicted molar refractivity (Wildman–Crippen MR) is 150 cm³/mol. The second-order valence-electron chi connectivity index (χ2n) is 11.4. The molecule has 6 rings (SSSR count). The van der Waals surface area contributed by atoms with E-state index in [2.05, 4.69) is 18.0 Å². The topological polar surface area (TPSA) is 124 Å². The first-order chi connectivity index (χ1) is 18.4. The standard InChI is InChI=1S/C31H33NO6S/c1-17-6-4-5-7-22(17)39-23-16-31-13-10-19(18(2)15-31)14-24(31)30(3,28(23)36)12-11-25(34)32-26-21(33)9-8-20(27(26)35)29(37)38/h4-9,16,19,24,33,35H,2,10-15H2,1,3H3,(H,32,34)(H,37,38)/t19-,24-,30-,31+/m0/s1. The summed E-state index contributed by atoms with van der Waals surface area (Å²) in [4.78, 5) is 40.3. The molecule has 204 valence electrons. The van der Waals surface area contributed by atoms with Crippen LogP contribution in [0.15, 0.2) is 64.4 Å². The maximum absolute atomic E-state index is 14.2. The Balaban J connectivity index is 1.43. The number of carboxylic acids is 1. The molecule has 3 fully saturated rings. The molecular formula is C31H33NO6S. The number of allylic oxidation sites excluding steroid dienone is 3. The number of thioether (sulfide) groups is 1. The van der Waals surface area contributed by atoms with Crippen LogP contribution >= 0.6 is 11.8 Å². The number of anilines is 1. The molecule has 1 spiro atoms. The summed E-state index contributed by atoms with van der Waals surface area (Å²) < 4.78 is 0. The number of carboxylic acid groups (broad SMARTS) is 1. The Kier molecular flexibility index (Phi) is 6.87. The Morgan fingerprint density at radius 1 is 1.18 bits per heavy atom. The van der Waals surface area contributed by atoms with E-state index in [0.29, 0.717) is 10.8 Å². The Labute approximate surface area is 232 Å². The van der Waals surface area contributed by atoms with Crippen molar-refractivity contribution in [1.29, 1.82) is 0 Å². The van der Waals surface area contributed by atoms with Crippen LogP contribution < -0.4 is 5.32 Å². The highest BCUT2D eigenvalue weighted by Gasteiger charge is 2.60. The van der Waals surface area contributed by atoms with Crippen LogP contribution in [0, 0.1) is 29.6 Å². The van der Waals surface area contributed by atoms with Crippen LogP contribution in [0.5, 0.6) is 11.5 Å². The van der Waals surface area contributed by atoms with E-state index >= 15 is 0 Å². The highest BCUT2D eigenvalue weighted by Crippen LogP contribution is 2.66. The van der Waals surface area contributed by atoms with E-state index < -0.39 is 34.4 Å². The van der Waals surface area contributed by atoms with Gasteiger partial charge in [0.1, 0.15) is 17.0 Å². The van der Waals surface area contributed by atoms with Crippen molar-refractivity contribution in [3.05, 3.63) is 70.7 Å². The number of aryl methyl sites for hydroxylation is 1. The zero-order valence-electron chi connectivity index (χ0n) is 22.1. The number of Topliss-reactive ketones (excluding diaryl/α,β-unsaturated/α-hetero) is 1. The number of hydrogen-bond donors (Lipinski definition) is 4. The van der Waals surface area contributed by atoms with Crippen molar-refractivity contribution in [2.75, 3.05) is 5.32 Å². The molecule has 4 atom stereocenters. The van der Waals surface area contributed by atoms with Gasteiger partial charge in [0.2, 0.25) is 5.91 Å². The van der Waals surface area contributed by atoms with Crippen molar-refractivity contribution in [3.63, 3.8) is 0 Å². The third kappa shape index (κ3) is 4.65. The molecule has 2 aromatic rings. The summed E-state index contributed by atoms with van der Waals surface area (Å²) >= 11 is 1.49. The summed E-state index contributed by atoms with van der Waals surface area (Å²) in [6, 6.07) is 10.2. The third-order valence-corrected chi connectivity index (χ3v) is 10.3. The molecule has 4 aliphatic rings. The maximum Gasteiger partial charge on any atom is 0.339 e. The fraction of sp³-hybridized carbons (Fsp3) is 0.387. The first-order valence-corrected chi connectivity index (χ1v) is 14.0. The summed E-state index contributed by atoms with van der Waals surface area (Å²) in [6.45, 7) is 8.36. The molecule has 7 nitrogen and oxygen atoms in total. The van der Waals surface area contributed by atoms with Gasteiger partial charge in [-0.05, 0) is 80.0 Å². The number of fused-ring (bicyclic) bond motifs is 2. The van der Waals surface area contributed by atoms with E-state index in [-0.39, 0.29) is 35.6 Å². The molecule has 0 aliphatic heterocycles. The molecule has 0 aromatic heterocycles. The van der Waals surface area contributed by atoms with Gasteiger partial charge in [0.25, 0.3) is 0 Å². The smallest absolute Gasteiger partial charge is 0.339 e. The molecule has 4 aliphatic carbocycles. The Morgan fingerprint density at radius 2 is 1.92 bits per heavy atom. The number of phenolic OH excluding ortho intramolecular Hbond substituents is 1. The number of amides is 1. The average molecular weight is 548 g/mol. The largest absolute Gasteiger partial charge is 0.506 e. The number of ketones is 1. The number of hydrogen-bond acceptors (Lipinski definition) is 6. The summed E-state index contributed by atoms with van der Waals surface area (Å²) in [6.07, 6.45) is 6.21. The van der Waals surface area contributed by atoms with Gasteiger partial charge >= 0.3 is 5.97 Å². The molecule has 1 amide bonds. The lowest BCUT2D eigenvalue weighted by Crippen LogP contribution is -2.55. The van der Waals surface area contributed by atoms with Crippen LogP contribution in [-0.4, -0.2) is 33.0 Å². The first-order valence-electron chi connectivity index (χ1n) is 13.2. The predicted octanol–water partition coefficient (Wildman–Crippen LogP) is 6.45. The second kappa shape index (κ2) is 9.90. The van der Waals surface area contributed by atoms with Crippen molar-refractivity contribution in [1.82, 2.24) is 0 Å². The van der Waals surface area contributed by atoms with Gasteiger partial charge in [0, 0.05) is 16.7 Å². The fourth-order valence-corrected chi connectivity index (χ4v) is 8.12. The monoisotopic (exact) mass is 547 g/mol. The minimum absolute atomic E-state index is 0.0288. The maximum atomic E-state index is 14.2. The molecule has 0 unspecified atom stereocenters. The minimum atomic E-state index is -1.38. The first kappa shape index (κ1) is 27.1. The zero-order chi connectivity index (χ0) is 28.1. The molecule has 3 saturated carbocycles. The number of carbonyl (C=O) groups excluding carboxylic acids is 2. The molecule has 2 aromatic carbocycles. The van der Waals surface area contributed by atoms with E-state index in [1.54, 1.807) is 0 Å². The van der Waals surface area contributed by atoms with Gasteiger partial charge in [-0.25, -0.2) is 4.79 Å². The van der Waals surface area contributed by atoms with Crippen LogP contribution in [0.1, 0.15) is 61.4 Å². The van der Waals surface area contributed by atoms with Crippen molar-refractivity contribution in [3.8, 4) is 11.5 Å². The second-order valence-corrected chi connectivity index (χ2v) is 12.5. The highest BCUT2D eigenvalue weighted by molar-refractivity contribution is 8.04. The van der Waals surface area contributed by atoms with Crippen LogP contribution in [0.4, 0.5) is 5.69 Å². The molecule has 8 heteroatoms. The summed E-state index contributed by atoms with van der Waals surface area (Å²) in [5.74, 6) is -2.55. The van der Waals surface area contributed by atoms with Crippen LogP contribution in [0.25, 0.3) is 0 Å². The lowest BCUT2D eigenvalue weighted by molar-refractivity contribution is -0.136. The number of aromatic hydroxyl groups is 2. The lowest BCUT2D eigenvalue weighted by atomic mass is 9.44. The van der Waals surface area contributed by atoms with Crippen LogP contribution in [0.3, 0.4) is 0 Å². The lowest BCUT2D eigenvalue weighted by Gasteiger charge is -2.59. The van der Waals surface area contributed by atoms with E-state index in [0.717, 1.165) is 48.3 Å². The van der Waals surface area contributed by atoms with Crippen molar-refractivity contribution in [2.24, 2.45) is 22.7 Å². The molecule has 39 heavy (non-hydrogen) atoms. The fourth-order valence-electron chi connectivity index (χ4n) is 6.89. The number of nitrogens with one attached hydrogen (secondary N) is 1. The van der Waals surface area contributed by atoms with Crippen molar-refractivity contribution >= 4 is 35.1 Å². The number of phenols is 2.